The molecule has 0 bridgehead atoms. The SMILES string of the molecule is [2H]Cn1c(-c2ccc(F)cn2)nc2c(Br)cc(F)cc2c1=O. The van der Waals surface area contributed by atoms with Crippen LogP contribution in [0.2, 0.25) is 0 Å². The second-order valence-electron chi connectivity index (χ2n) is 4.31. The molecule has 0 radical (unpaired) electrons. The number of aromatic nitrogens is 3. The Morgan fingerprint density at radius 3 is 2.76 bits per heavy atom. The van der Waals surface area contributed by atoms with Crippen LogP contribution in [-0.4, -0.2) is 14.5 Å². The van der Waals surface area contributed by atoms with Crippen LogP contribution < -0.4 is 5.56 Å². The van der Waals surface area contributed by atoms with Crippen molar-refractivity contribution >= 4 is 26.8 Å². The molecule has 7 heteroatoms. The minimum absolute atomic E-state index is 0.0602. The molecule has 1 aromatic carbocycles. The Morgan fingerprint density at radius 2 is 2.10 bits per heavy atom. The van der Waals surface area contributed by atoms with Crippen molar-refractivity contribution in [2.45, 2.75) is 0 Å². The highest BCUT2D eigenvalue weighted by Crippen LogP contribution is 2.24. The van der Waals surface area contributed by atoms with E-state index in [9.17, 15) is 13.6 Å². The van der Waals surface area contributed by atoms with E-state index in [1.807, 2.05) is 0 Å². The molecule has 0 atom stereocenters. The van der Waals surface area contributed by atoms with E-state index in [1.165, 1.54) is 18.2 Å². The molecule has 0 aliphatic rings. The van der Waals surface area contributed by atoms with Crippen LogP contribution in [0.1, 0.15) is 1.37 Å². The molecular weight excluding hydrogens is 344 g/mol. The fourth-order valence-electron chi connectivity index (χ4n) is 1.95. The molecule has 0 saturated heterocycles. The second-order valence-corrected chi connectivity index (χ2v) is 5.17. The van der Waals surface area contributed by atoms with E-state index in [0.717, 1.165) is 16.8 Å². The van der Waals surface area contributed by atoms with Gasteiger partial charge in [0.1, 0.15) is 17.3 Å². The summed E-state index contributed by atoms with van der Waals surface area (Å²) in [5.74, 6) is -0.977. The molecule has 0 spiro atoms. The Hall–Kier alpha value is -2.15. The van der Waals surface area contributed by atoms with Gasteiger partial charge in [0.25, 0.3) is 5.56 Å². The normalized spacial score (nSPS) is 11.7. The number of pyridine rings is 1. The number of rotatable bonds is 1. The average molecular weight is 353 g/mol. The molecule has 0 unspecified atom stereocenters. The topological polar surface area (TPSA) is 47.8 Å². The van der Waals surface area contributed by atoms with Crippen LogP contribution in [-0.2, 0) is 7.02 Å². The third-order valence-electron chi connectivity index (χ3n) is 2.93. The molecule has 3 aromatic rings. The average Bonchev–Trinajstić information content (AvgIpc) is 2.49. The van der Waals surface area contributed by atoms with Crippen molar-refractivity contribution in [3.8, 4) is 11.5 Å². The summed E-state index contributed by atoms with van der Waals surface area (Å²) in [4.78, 5) is 20.6. The van der Waals surface area contributed by atoms with Gasteiger partial charge in [0.05, 0.1) is 17.1 Å². The van der Waals surface area contributed by atoms with E-state index in [1.54, 1.807) is 0 Å². The van der Waals surface area contributed by atoms with Gasteiger partial charge in [-0.3, -0.25) is 9.36 Å². The quantitative estimate of drug-likeness (QED) is 0.676. The molecule has 21 heavy (non-hydrogen) atoms. The molecule has 3 rings (SSSR count). The van der Waals surface area contributed by atoms with Crippen LogP contribution in [0.15, 0.2) is 39.7 Å². The first kappa shape index (κ1) is 12.6. The zero-order chi connectivity index (χ0) is 15.9. The summed E-state index contributed by atoms with van der Waals surface area (Å²) in [5, 5.41) is 0.0602. The van der Waals surface area contributed by atoms with Crippen molar-refractivity contribution in [3.63, 3.8) is 0 Å². The molecule has 2 aromatic heterocycles. The molecule has 0 aliphatic carbocycles. The van der Waals surface area contributed by atoms with E-state index in [0.29, 0.717) is 4.47 Å². The van der Waals surface area contributed by atoms with Crippen molar-refractivity contribution in [3.05, 3.63) is 56.9 Å². The summed E-state index contributed by atoms with van der Waals surface area (Å²) < 4.78 is 35.3. The fourth-order valence-corrected chi connectivity index (χ4v) is 2.48. The highest BCUT2D eigenvalue weighted by molar-refractivity contribution is 9.10. The predicted molar refractivity (Wildman–Crippen MR) is 77.8 cm³/mol. The van der Waals surface area contributed by atoms with Crippen molar-refractivity contribution in [1.29, 1.82) is 0 Å². The lowest BCUT2D eigenvalue weighted by molar-refractivity contribution is 0.621. The van der Waals surface area contributed by atoms with Gasteiger partial charge in [0.15, 0.2) is 5.82 Å². The lowest BCUT2D eigenvalue weighted by Crippen LogP contribution is -2.21. The van der Waals surface area contributed by atoms with Gasteiger partial charge in [-0.05, 0) is 40.2 Å². The molecular formula is C14H8BrF2N3O. The Balaban J connectivity index is 2.40. The lowest BCUT2D eigenvalue weighted by Gasteiger charge is -2.09. The highest BCUT2D eigenvalue weighted by atomic mass is 79.9. The van der Waals surface area contributed by atoms with Gasteiger partial charge in [0, 0.05) is 12.9 Å². The number of fused-ring (bicyclic) bond motifs is 1. The highest BCUT2D eigenvalue weighted by Gasteiger charge is 2.14. The molecule has 0 fully saturated rings. The summed E-state index contributed by atoms with van der Waals surface area (Å²) in [7, 11) is -0.412. The maximum Gasteiger partial charge on any atom is 0.261 e. The van der Waals surface area contributed by atoms with Gasteiger partial charge in [-0.25, -0.2) is 18.7 Å². The lowest BCUT2D eigenvalue weighted by atomic mass is 10.2. The van der Waals surface area contributed by atoms with E-state index >= 15 is 0 Å². The van der Waals surface area contributed by atoms with E-state index < -0.39 is 24.2 Å². The smallest absolute Gasteiger partial charge is 0.261 e. The van der Waals surface area contributed by atoms with Crippen LogP contribution in [0, 0.1) is 11.6 Å². The minimum Gasteiger partial charge on any atom is -0.294 e. The first-order chi connectivity index (χ1) is 10.5. The first-order valence-corrected chi connectivity index (χ1v) is 6.61. The third kappa shape index (κ3) is 2.33. The predicted octanol–water partition coefficient (Wildman–Crippen LogP) is 3.04. The summed E-state index contributed by atoms with van der Waals surface area (Å²) in [6.07, 6.45) is 1.000. The zero-order valence-electron chi connectivity index (χ0n) is 11.5. The van der Waals surface area contributed by atoms with Crippen LogP contribution in [0.25, 0.3) is 22.4 Å². The first-order valence-electron chi connectivity index (χ1n) is 6.52. The maximum absolute atomic E-state index is 13.5. The standard InChI is InChI=1S/C14H8BrF2N3O/c1-20-13(11-3-2-7(16)6-18-11)19-12-9(14(20)21)4-8(17)5-10(12)15/h2-6H,1H3/i1D. The zero-order valence-corrected chi connectivity index (χ0v) is 12.1. The summed E-state index contributed by atoms with van der Waals surface area (Å²) in [6.45, 7) is 0. The van der Waals surface area contributed by atoms with Gasteiger partial charge in [-0.15, -0.1) is 0 Å². The number of nitrogens with zero attached hydrogens (tertiary/aromatic N) is 3. The van der Waals surface area contributed by atoms with Gasteiger partial charge in [-0.1, -0.05) is 0 Å². The Kier molecular flexibility index (Phi) is 2.99. The number of benzene rings is 1. The summed E-state index contributed by atoms with van der Waals surface area (Å²) in [5.41, 5.74) is -0.0394. The van der Waals surface area contributed by atoms with Crippen molar-refractivity contribution in [1.82, 2.24) is 14.5 Å². The largest absolute Gasteiger partial charge is 0.294 e. The molecule has 0 aliphatic heterocycles. The molecule has 106 valence electrons. The van der Waals surface area contributed by atoms with Crippen LogP contribution in [0.3, 0.4) is 0 Å². The third-order valence-corrected chi connectivity index (χ3v) is 3.54. The number of halogens is 3. The molecule has 0 N–H and O–H groups in total. The van der Waals surface area contributed by atoms with Gasteiger partial charge in [0.2, 0.25) is 0 Å². The number of hydrogen-bond acceptors (Lipinski definition) is 3. The van der Waals surface area contributed by atoms with Gasteiger partial charge in [-0.2, -0.15) is 0 Å². The van der Waals surface area contributed by atoms with E-state index in [2.05, 4.69) is 25.9 Å². The number of hydrogen-bond donors (Lipinski definition) is 0. The van der Waals surface area contributed by atoms with Gasteiger partial charge >= 0.3 is 0 Å². The van der Waals surface area contributed by atoms with Crippen molar-refractivity contribution < 1.29 is 10.2 Å². The van der Waals surface area contributed by atoms with Crippen LogP contribution >= 0.6 is 15.9 Å². The molecule has 0 saturated carbocycles. The van der Waals surface area contributed by atoms with Crippen molar-refractivity contribution in [2.24, 2.45) is 7.02 Å². The monoisotopic (exact) mass is 352 g/mol. The minimum atomic E-state index is -0.581. The Bertz CT molecular complexity index is 928. The van der Waals surface area contributed by atoms with E-state index in [4.69, 9.17) is 1.37 Å². The van der Waals surface area contributed by atoms with Crippen LogP contribution in [0.4, 0.5) is 8.78 Å². The Morgan fingerprint density at radius 1 is 1.29 bits per heavy atom. The van der Waals surface area contributed by atoms with Gasteiger partial charge < -0.3 is 0 Å². The van der Waals surface area contributed by atoms with Crippen molar-refractivity contribution in [2.75, 3.05) is 0 Å². The Labute approximate surface area is 127 Å². The molecule has 2 heterocycles. The fraction of sp³-hybridized carbons (Fsp3) is 0.0714. The van der Waals surface area contributed by atoms with E-state index in [-0.39, 0.29) is 22.4 Å². The summed E-state index contributed by atoms with van der Waals surface area (Å²) >= 11 is 3.17. The molecule has 4 nitrogen and oxygen atoms in total. The molecule has 0 amide bonds. The second kappa shape index (κ2) is 5.00. The van der Waals surface area contributed by atoms with Crippen LogP contribution in [0.5, 0.6) is 0 Å². The summed E-state index contributed by atoms with van der Waals surface area (Å²) in [6, 6.07) is 4.82. The maximum atomic E-state index is 13.5.